The molecule has 0 heterocycles. The summed E-state index contributed by atoms with van der Waals surface area (Å²) in [6.07, 6.45) is 37.6. The third kappa shape index (κ3) is 29.9. The van der Waals surface area contributed by atoms with E-state index in [1.165, 1.54) is 148 Å². The Kier molecular flexibility index (Phi) is 32.5. The van der Waals surface area contributed by atoms with E-state index in [0.717, 1.165) is 64.6 Å². The second-order valence-corrected chi connectivity index (χ2v) is 16.3. The van der Waals surface area contributed by atoms with E-state index in [0.29, 0.717) is 37.4 Å². The number of unbranched alkanes of at least 4 members (excludes halogenated alkanes) is 17. The summed E-state index contributed by atoms with van der Waals surface area (Å²) in [5.41, 5.74) is 0.387. The van der Waals surface area contributed by atoms with Crippen molar-refractivity contribution in [3.05, 3.63) is 0 Å². The Bertz CT molecular complexity index is 773. The molecule has 0 spiro atoms. The molecule has 1 aliphatic rings. The van der Waals surface area contributed by atoms with Gasteiger partial charge < -0.3 is 19.5 Å². The normalized spacial score (nSPS) is 13.7. The fourth-order valence-electron chi connectivity index (χ4n) is 7.65. The molecule has 0 aromatic heterocycles. The second-order valence-electron chi connectivity index (χ2n) is 16.3. The van der Waals surface area contributed by atoms with Gasteiger partial charge in [-0.2, -0.15) is 0 Å². The number of carbonyl (C=O) groups is 2. The molecule has 6 nitrogen and oxygen atoms in total. The first kappa shape index (κ1) is 47.9. The van der Waals surface area contributed by atoms with Gasteiger partial charge in [0.25, 0.3) is 0 Å². The molecule has 1 fully saturated rings. The molecule has 0 amide bonds. The number of nitrogens with zero attached hydrogens (tertiary/aromatic N) is 1. The number of hydrogen-bond donors (Lipinski definition) is 1. The van der Waals surface area contributed by atoms with Gasteiger partial charge in [-0.05, 0) is 88.6 Å². The molecule has 0 bridgehead atoms. The van der Waals surface area contributed by atoms with Crippen LogP contribution in [-0.4, -0.2) is 61.4 Å². The molecule has 0 unspecified atom stereocenters. The molecular weight excluding hydrogens is 634 g/mol. The van der Waals surface area contributed by atoms with Crippen LogP contribution in [0.5, 0.6) is 0 Å². The fourth-order valence-corrected chi connectivity index (χ4v) is 7.65. The minimum absolute atomic E-state index is 0.0198. The van der Waals surface area contributed by atoms with Crippen LogP contribution in [0.2, 0.25) is 0 Å². The van der Waals surface area contributed by atoms with Gasteiger partial charge in [-0.1, -0.05) is 149 Å². The number of carbonyl (C=O) groups excluding carboxylic acids is 2. The number of aliphatic hydroxyl groups excluding tert-OH is 1. The van der Waals surface area contributed by atoms with E-state index >= 15 is 0 Å². The van der Waals surface area contributed by atoms with E-state index in [9.17, 15) is 14.7 Å². The molecule has 302 valence electrons. The van der Waals surface area contributed by atoms with Crippen molar-refractivity contribution >= 4 is 11.9 Å². The van der Waals surface area contributed by atoms with Crippen LogP contribution in [0, 0.1) is 11.3 Å². The van der Waals surface area contributed by atoms with Crippen LogP contribution in [0.25, 0.3) is 0 Å². The Morgan fingerprint density at radius 3 is 1.63 bits per heavy atom. The van der Waals surface area contributed by atoms with Gasteiger partial charge >= 0.3 is 11.9 Å². The van der Waals surface area contributed by atoms with Crippen molar-refractivity contribution in [1.29, 1.82) is 0 Å². The van der Waals surface area contributed by atoms with Crippen molar-refractivity contribution in [2.45, 2.75) is 226 Å². The summed E-state index contributed by atoms with van der Waals surface area (Å²) in [5.74, 6) is 0.714. The average molecular weight is 722 g/mol. The van der Waals surface area contributed by atoms with Gasteiger partial charge in [0.15, 0.2) is 0 Å². The molecule has 6 heteroatoms. The van der Waals surface area contributed by atoms with E-state index in [1.54, 1.807) is 0 Å². The van der Waals surface area contributed by atoms with Crippen LogP contribution in [0.15, 0.2) is 0 Å². The summed E-state index contributed by atoms with van der Waals surface area (Å²) in [7, 11) is 0. The van der Waals surface area contributed by atoms with Gasteiger partial charge in [-0.25, -0.2) is 0 Å². The number of hydrogen-bond acceptors (Lipinski definition) is 6. The molecule has 0 saturated heterocycles. The molecule has 0 radical (unpaired) electrons. The van der Waals surface area contributed by atoms with Gasteiger partial charge in [0.1, 0.15) is 0 Å². The minimum atomic E-state index is -0.0198. The summed E-state index contributed by atoms with van der Waals surface area (Å²) in [6.45, 7) is 11.4. The summed E-state index contributed by atoms with van der Waals surface area (Å²) in [5, 5.41) is 9.42. The Morgan fingerprint density at radius 2 is 1.02 bits per heavy atom. The molecule has 0 atom stereocenters. The number of aliphatic hydroxyl groups is 1. The standard InChI is InChI=1S/C45H87NO5/c1-4-7-10-13-14-16-21-29-43(48)50-40-25-18-15-17-23-36-46(38-26-39-47)37-24-22-32-45(34-35-45)33-30-44(49)51-41-31-42(27-19-11-8-5-2)28-20-12-9-6-3/h42,47H,4-41H2,1-3H3. The van der Waals surface area contributed by atoms with Crippen LogP contribution >= 0.6 is 0 Å². The Labute approximate surface area is 317 Å². The topological polar surface area (TPSA) is 76.1 Å². The third-order valence-electron chi connectivity index (χ3n) is 11.5. The van der Waals surface area contributed by atoms with E-state index in [2.05, 4.69) is 25.7 Å². The number of esters is 2. The zero-order valence-corrected chi connectivity index (χ0v) is 34.5. The molecule has 1 aliphatic carbocycles. The molecule has 0 aromatic rings. The van der Waals surface area contributed by atoms with E-state index in [-0.39, 0.29) is 18.5 Å². The maximum Gasteiger partial charge on any atom is 0.305 e. The van der Waals surface area contributed by atoms with Gasteiger partial charge in [0.05, 0.1) is 13.2 Å². The minimum Gasteiger partial charge on any atom is -0.466 e. The van der Waals surface area contributed by atoms with Crippen molar-refractivity contribution in [2.75, 3.05) is 39.5 Å². The quantitative estimate of drug-likeness (QED) is 0.0501. The van der Waals surface area contributed by atoms with Crippen LogP contribution in [0.1, 0.15) is 226 Å². The molecule has 1 rings (SSSR count). The lowest BCUT2D eigenvalue weighted by molar-refractivity contribution is -0.145. The number of ether oxygens (including phenoxy) is 2. The number of rotatable bonds is 40. The monoisotopic (exact) mass is 722 g/mol. The summed E-state index contributed by atoms with van der Waals surface area (Å²) >= 11 is 0. The highest BCUT2D eigenvalue weighted by Gasteiger charge is 2.41. The largest absolute Gasteiger partial charge is 0.466 e. The van der Waals surface area contributed by atoms with E-state index in [1.807, 2.05) is 0 Å². The first-order valence-electron chi connectivity index (χ1n) is 22.6. The smallest absolute Gasteiger partial charge is 0.305 e. The lowest BCUT2D eigenvalue weighted by atomic mass is 9.92. The van der Waals surface area contributed by atoms with Crippen LogP contribution in [0.3, 0.4) is 0 Å². The first-order chi connectivity index (χ1) is 25.0. The summed E-state index contributed by atoms with van der Waals surface area (Å²) in [4.78, 5) is 27.2. The second kappa shape index (κ2) is 34.6. The predicted octanol–water partition coefficient (Wildman–Crippen LogP) is 12.5. The van der Waals surface area contributed by atoms with Crippen molar-refractivity contribution in [2.24, 2.45) is 11.3 Å². The molecule has 1 N–H and O–H groups in total. The van der Waals surface area contributed by atoms with Gasteiger partial charge in [-0.3, -0.25) is 9.59 Å². The third-order valence-corrected chi connectivity index (χ3v) is 11.5. The Morgan fingerprint density at radius 1 is 0.529 bits per heavy atom. The van der Waals surface area contributed by atoms with Crippen LogP contribution in [-0.2, 0) is 19.1 Å². The highest BCUT2D eigenvalue weighted by Crippen LogP contribution is 2.53. The average Bonchev–Trinajstić information content (AvgIpc) is 3.91. The fraction of sp³-hybridized carbons (Fsp3) is 0.956. The molecule has 51 heavy (non-hydrogen) atoms. The van der Waals surface area contributed by atoms with E-state index in [4.69, 9.17) is 9.47 Å². The Hall–Kier alpha value is -1.14. The Balaban J connectivity index is 2.14. The van der Waals surface area contributed by atoms with Gasteiger partial charge in [0.2, 0.25) is 0 Å². The van der Waals surface area contributed by atoms with Crippen molar-refractivity contribution in [3.8, 4) is 0 Å². The highest BCUT2D eigenvalue weighted by molar-refractivity contribution is 5.69. The van der Waals surface area contributed by atoms with Crippen LogP contribution < -0.4 is 0 Å². The lowest BCUT2D eigenvalue weighted by Crippen LogP contribution is -2.28. The highest BCUT2D eigenvalue weighted by atomic mass is 16.5. The molecule has 0 aliphatic heterocycles. The molecular formula is C45H87NO5. The summed E-state index contributed by atoms with van der Waals surface area (Å²) < 4.78 is 11.2. The van der Waals surface area contributed by atoms with Crippen molar-refractivity contribution in [3.63, 3.8) is 0 Å². The maximum absolute atomic E-state index is 12.6. The lowest BCUT2D eigenvalue weighted by Gasteiger charge is -2.23. The van der Waals surface area contributed by atoms with E-state index < -0.39 is 0 Å². The van der Waals surface area contributed by atoms with Gasteiger partial charge in [-0.15, -0.1) is 0 Å². The molecule has 1 saturated carbocycles. The predicted molar refractivity (Wildman–Crippen MR) is 216 cm³/mol. The van der Waals surface area contributed by atoms with Crippen molar-refractivity contribution < 1.29 is 24.2 Å². The zero-order chi connectivity index (χ0) is 37.1. The zero-order valence-electron chi connectivity index (χ0n) is 34.5. The maximum atomic E-state index is 12.6. The summed E-state index contributed by atoms with van der Waals surface area (Å²) in [6, 6.07) is 0. The van der Waals surface area contributed by atoms with Gasteiger partial charge in [0, 0.05) is 26.0 Å². The van der Waals surface area contributed by atoms with Crippen LogP contribution in [0.4, 0.5) is 0 Å². The van der Waals surface area contributed by atoms with Crippen molar-refractivity contribution in [1.82, 2.24) is 4.90 Å². The molecule has 0 aromatic carbocycles. The first-order valence-corrected chi connectivity index (χ1v) is 22.6. The SMILES string of the molecule is CCCCCCCCCC(=O)OCCCCCCCN(CCCO)CCCCC1(CCC(=O)OCCC(CCCCCC)CCCCCC)CC1.